The third-order valence-electron chi connectivity index (χ3n) is 3.17. The average Bonchev–Trinajstić information content (AvgIpc) is 2.38. The van der Waals surface area contributed by atoms with Gasteiger partial charge < -0.3 is 10.1 Å². The lowest BCUT2D eigenvalue weighted by molar-refractivity contribution is 0.289. The number of hydrogen-bond donors (Lipinski definition) is 1. The Morgan fingerprint density at radius 3 is 2.37 bits per heavy atom. The summed E-state index contributed by atoms with van der Waals surface area (Å²) in [5.74, 6) is 1.68. The highest BCUT2D eigenvalue weighted by Gasteiger charge is 2.03. The van der Waals surface area contributed by atoms with Gasteiger partial charge in [-0.1, -0.05) is 32.9 Å². The van der Waals surface area contributed by atoms with Crippen LogP contribution in [0.2, 0.25) is 0 Å². The second-order valence-corrected chi connectivity index (χ2v) is 5.73. The summed E-state index contributed by atoms with van der Waals surface area (Å²) in [5.41, 5.74) is 1.37. The van der Waals surface area contributed by atoms with Crippen LogP contribution in [0, 0.1) is 5.92 Å². The predicted octanol–water partition coefficient (Wildman–Crippen LogP) is 4.04. The maximum atomic E-state index is 5.73. The SMILES string of the molecule is CCCNC(C)Cc1ccc(OCCC(C)C)cc1. The summed E-state index contributed by atoms with van der Waals surface area (Å²) >= 11 is 0. The van der Waals surface area contributed by atoms with E-state index in [0.29, 0.717) is 12.0 Å². The van der Waals surface area contributed by atoms with Crippen LogP contribution in [0.15, 0.2) is 24.3 Å². The lowest BCUT2D eigenvalue weighted by atomic mass is 10.1. The van der Waals surface area contributed by atoms with Crippen molar-refractivity contribution in [1.29, 1.82) is 0 Å². The Kier molecular flexibility index (Phi) is 7.57. The van der Waals surface area contributed by atoms with E-state index in [1.165, 1.54) is 12.0 Å². The van der Waals surface area contributed by atoms with Crippen LogP contribution in [0.4, 0.5) is 0 Å². The second kappa shape index (κ2) is 8.98. The quantitative estimate of drug-likeness (QED) is 0.726. The molecule has 1 aromatic rings. The molecule has 0 aliphatic heterocycles. The number of rotatable bonds is 9. The summed E-state index contributed by atoms with van der Waals surface area (Å²) in [7, 11) is 0. The molecule has 2 nitrogen and oxygen atoms in total. The molecule has 0 spiro atoms. The minimum absolute atomic E-state index is 0.535. The van der Waals surface area contributed by atoms with Gasteiger partial charge in [0.2, 0.25) is 0 Å². The molecule has 1 aromatic carbocycles. The fraction of sp³-hybridized carbons (Fsp3) is 0.647. The molecule has 19 heavy (non-hydrogen) atoms. The monoisotopic (exact) mass is 263 g/mol. The molecule has 1 unspecified atom stereocenters. The molecule has 0 aliphatic carbocycles. The van der Waals surface area contributed by atoms with E-state index < -0.39 is 0 Å². The second-order valence-electron chi connectivity index (χ2n) is 5.73. The Morgan fingerprint density at radius 1 is 1.11 bits per heavy atom. The molecule has 0 saturated heterocycles. The molecular weight excluding hydrogens is 234 g/mol. The van der Waals surface area contributed by atoms with Crippen molar-refractivity contribution in [2.24, 2.45) is 5.92 Å². The van der Waals surface area contributed by atoms with Crippen molar-refractivity contribution in [2.75, 3.05) is 13.2 Å². The van der Waals surface area contributed by atoms with Crippen LogP contribution >= 0.6 is 0 Å². The zero-order valence-corrected chi connectivity index (χ0v) is 12.9. The Morgan fingerprint density at radius 2 is 1.79 bits per heavy atom. The van der Waals surface area contributed by atoms with E-state index in [4.69, 9.17) is 4.74 Å². The largest absolute Gasteiger partial charge is 0.494 e. The van der Waals surface area contributed by atoms with Crippen LogP contribution < -0.4 is 10.1 Å². The fourth-order valence-electron chi connectivity index (χ4n) is 1.95. The van der Waals surface area contributed by atoms with E-state index in [1.54, 1.807) is 0 Å². The number of ether oxygens (including phenoxy) is 1. The van der Waals surface area contributed by atoms with Gasteiger partial charge in [-0.15, -0.1) is 0 Å². The van der Waals surface area contributed by atoms with E-state index in [9.17, 15) is 0 Å². The zero-order chi connectivity index (χ0) is 14.1. The number of hydrogen-bond acceptors (Lipinski definition) is 2. The van der Waals surface area contributed by atoms with Crippen molar-refractivity contribution < 1.29 is 4.74 Å². The van der Waals surface area contributed by atoms with Crippen LogP contribution in [-0.2, 0) is 6.42 Å². The van der Waals surface area contributed by atoms with Gasteiger partial charge in [0.1, 0.15) is 5.75 Å². The Balaban J connectivity index is 2.34. The highest BCUT2D eigenvalue weighted by molar-refractivity contribution is 5.27. The average molecular weight is 263 g/mol. The van der Waals surface area contributed by atoms with Crippen LogP contribution in [0.25, 0.3) is 0 Å². The first-order valence-corrected chi connectivity index (χ1v) is 7.57. The maximum Gasteiger partial charge on any atom is 0.119 e. The highest BCUT2D eigenvalue weighted by atomic mass is 16.5. The molecule has 1 atom stereocenters. The van der Waals surface area contributed by atoms with Crippen molar-refractivity contribution in [3.63, 3.8) is 0 Å². The lowest BCUT2D eigenvalue weighted by Crippen LogP contribution is -2.28. The van der Waals surface area contributed by atoms with Crippen LogP contribution in [0.3, 0.4) is 0 Å². The highest BCUT2D eigenvalue weighted by Crippen LogP contribution is 2.14. The molecule has 1 N–H and O–H groups in total. The number of benzene rings is 1. The van der Waals surface area contributed by atoms with Crippen LogP contribution in [0.5, 0.6) is 5.75 Å². The van der Waals surface area contributed by atoms with Crippen LogP contribution in [0.1, 0.15) is 46.1 Å². The van der Waals surface area contributed by atoms with Gasteiger partial charge in [0.05, 0.1) is 6.61 Å². The van der Waals surface area contributed by atoms with Gasteiger partial charge in [0, 0.05) is 6.04 Å². The van der Waals surface area contributed by atoms with Gasteiger partial charge in [-0.2, -0.15) is 0 Å². The molecule has 0 bridgehead atoms. The van der Waals surface area contributed by atoms with Gasteiger partial charge in [-0.05, 0) is 56.3 Å². The van der Waals surface area contributed by atoms with Gasteiger partial charge in [0.15, 0.2) is 0 Å². The smallest absolute Gasteiger partial charge is 0.119 e. The topological polar surface area (TPSA) is 21.3 Å². The van der Waals surface area contributed by atoms with Crippen molar-refractivity contribution in [2.45, 2.75) is 53.0 Å². The lowest BCUT2D eigenvalue weighted by Gasteiger charge is -2.13. The molecule has 0 aromatic heterocycles. The molecule has 108 valence electrons. The predicted molar refractivity (Wildman–Crippen MR) is 82.9 cm³/mol. The van der Waals surface area contributed by atoms with E-state index in [2.05, 4.69) is 57.3 Å². The molecule has 0 heterocycles. The van der Waals surface area contributed by atoms with E-state index in [-0.39, 0.29) is 0 Å². The normalized spacial score (nSPS) is 12.7. The molecule has 0 amide bonds. The summed E-state index contributed by atoms with van der Waals surface area (Å²) in [4.78, 5) is 0. The van der Waals surface area contributed by atoms with Gasteiger partial charge >= 0.3 is 0 Å². The molecule has 0 fully saturated rings. The van der Waals surface area contributed by atoms with Gasteiger partial charge in [0.25, 0.3) is 0 Å². The van der Waals surface area contributed by atoms with Crippen LogP contribution in [-0.4, -0.2) is 19.2 Å². The van der Waals surface area contributed by atoms with Crippen molar-refractivity contribution in [3.05, 3.63) is 29.8 Å². The first kappa shape index (κ1) is 16.0. The molecule has 2 heteroatoms. The van der Waals surface area contributed by atoms with E-state index in [0.717, 1.165) is 31.7 Å². The molecule has 0 radical (unpaired) electrons. The van der Waals surface area contributed by atoms with Gasteiger partial charge in [-0.3, -0.25) is 0 Å². The Labute approximate surface area is 118 Å². The number of nitrogens with one attached hydrogen (secondary N) is 1. The first-order chi connectivity index (χ1) is 9.11. The third-order valence-corrected chi connectivity index (χ3v) is 3.17. The minimum Gasteiger partial charge on any atom is -0.494 e. The minimum atomic E-state index is 0.535. The summed E-state index contributed by atoms with van der Waals surface area (Å²) < 4.78 is 5.73. The standard InChI is InChI=1S/C17H29NO/c1-5-11-18-15(4)13-16-6-8-17(9-7-16)19-12-10-14(2)3/h6-9,14-15,18H,5,10-13H2,1-4H3. The zero-order valence-electron chi connectivity index (χ0n) is 12.9. The summed E-state index contributed by atoms with van der Waals surface area (Å²) in [6, 6.07) is 9.06. The summed E-state index contributed by atoms with van der Waals surface area (Å²) in [5, 5.41) is 3.51. The summed E-state index contributed by atoms with van der Waals surface area (Å²) in [6.07, 6.45) is 3.37. The molecular formula is C17H29NO. The summed E-state index contributed by atoms with van der Waals surface area (Å²) in [6.45, 7) is 10.8. The molecule has 0 saturated carbocycles. The Bertz CT molecular complexity index is 332. The third kappa shape index (κ3) is 7.22. The Hall–Kier alpha value is -1.02. The molecule has 0 aliphatic rings. The van der Waals surface area contributed by atoms with E-state index >= 15 is 0 Å². The van der Waals surface area contributed by atoms with E-state index in [1.807, 2.05) is 0 Å². The fourth-order valence-corrected chi connectivity index (χ4v) is 1.95. The maximum absolute atomic E-state index is 5.73. The first-order valence-electron chi connectivity index (χ1n) is 7.57. The van der Waals surface area contributed by atoms with Crippen molar-refractivity contribution in [3.8, 4) is 5.75 Å². The van der Waals surface area contributed by atoms with Crippen molar-refractivity contribution >= 4 is 0 Å². The molecule has 1 rings (SSSR count). The van der Waals surface area contributed by atoms with Gasteiger partial charge in [-0.25, -0.2) is 0 Å². The van der Waals surface area contributed by atoms with Crippen molar-refractivity contribution in [1.82, 2.24) is 5.32 Å².